The van der Waals surface area contributed by atoms with Gasteiger partial charge in [0.1, 0.15) is 4.88 Å². The second-order valence-corrected chi connectivity index (χ2v) is 5.01. The van der Waals surface area contributed by atoms with Gasteiger partial charge in [-0.15, -0.1) is 11.3 Å². The van der Waals surface area contributed by atoms with Crippen LogP contribution in [0.15, 0.2) is 11.4 Å². The molecule has 102 valence electrons. The molecule has 1 aliphatic heterocycles. The van der Waals surface area contributed by atoms with E-state index in [2.05, 4.69) is 11.8 Å². The Balaban J connectivity index is 2.13. The first-order chi connectivity index (χ1) is 9.26. The van der Waals surface area contributed by atoms with E-state index in [9.17, 15) is 4.79 Å². The highest BCUT2D eigenvalue weighted by Gasteiger charge is 2.26. The maximum absolute atomic E-state index is 12.4. The molecule has 3 N–H and O–H groups in total. The Labute approximate surface area is 116 Å². The minimum Gasteiger partial charge on any atom is -0.394 e. The molecule has 0 spiro atoms. The van der Waals surface area contributed by atoms with E-state index in [-0.39, 0.29) is 25.2 Å². The first-order valence-corrected chi connectivity index (χ1v) is 6.92. The molecule has 1 unspecified atom stereocenters. The lowest BCUT2D eigenvalue weighted by Crippen LogP contribution is -2.46. The fourth-order valence-electron chi connectivity index (χ4n) is 1.88. The molecule has 1 aromatic heterocycles. The van der Waals surface area contributed by atoms with Crippen LogP contribution in [0.25, 0.3) is 0 Å². The molecular weight excluding hydrogens is 264 g/mol. The smallest absolute Gasteiger partial charge is 0.265 e. The van der Waals surface area contributed by atoms with Gasteiger partial charge in [0.25, 0.3) is 5.91 Å². The number of nitrogens with two attached hydrogens (primary N) is 1. The van der Waals surface area contributed by atoms with Crippen molar-refractivity contribution < 1.29 is 14.6 Å². The predicted octanol–water partition coefficient (Wildman–Crippen LogP) is -0.108. The molecule has 6 heteroatoms. The number of morpholine rings is 1. The van der Waals surface area contributed by atoms with E-state index < -0.39 is 0 Å². The number of thiophene rings is 1. The number of carbonyl (C=O) groups excluding carboxylic acids is 1. The molecule has 2 rings (SSSR count). The van der Waals surface area contributed by atoms with Crippen molar-refractivity contribution in [2.75, 3.05) is 32.8 Å². The van der Waals surface area contributed by atoms with Gasteiger partial charge in [0.2, 0.25) is 0 Å². The van der Waals surface area contributed by atoms with Crippen LogP contribution in [0.5, 0.6) is 0 Å². The molecule has 1 amide bonds. The van der Waals surface area contributed by atoms with Crippen LogP contribution in [-0.4, -0.2) is 54.9 Å². The first-order valence-electron chi connectivity index (χ1n) is 6.04. The fourth-order valence-corrected chi connectivity index (χ4v) is 2.69. The van der Waals surface area contributed by atoms with Crippen LogP contribution in [0.3, 0.4) is 0 Å². The number of hydrogen-bond acceptors (Lipinski definition) is 5. The Morgan fingerprint density at radius 2 is 2.53 bits per heavy atom. The molecule has 0 radical (unpaired) electrons. The van der Waals surface area contributed by atoms with Crippen LogP contribution >= 0.6 is 11.3 Å². The Kier molecular flexibility index (Phi) is 4.93. The van der Waals surface area contributed by atoms with E-state index in [4.69, 9.17) is 15.6 Å². The fraction of sp³-hybridized carbons (Fsp3) is 0.462. The van der Waals surface area contributed by atoms with E-state index >= 15 is 0 Å². The third kappa shape index (κ3) is 3.33. The zero-order chi connectivity index (χ0) is 13.7. The molecule has 0 aromatic carbocycles. The average molecular weight is 280 g/mol. The molecular formula is C13H16N2O3S. The summed E-state index contributed by atoms with van der Waals surface area (Å²) in [5.74, 6) is 5.61. The Hall–Kier alpha value is -1.39. The van der Waals surface area contributed by atoms with Gasteiger partial charge in [-0.3, -0.25) is 4.79 Å². The highest BCUT2D eigenvalue weighted by Crippen LogP contribution is 2.19. The summed E-state index contributed by atoms with van der Waals surface area (Å²) in [7, 11) is 0. The Morgan fingerprint density at radius 3 is 3.26 bits per heavy atom. The van der Waals surface area contributed by atoms with Gasteiger partial charge in [0, 0.05) is 18.7 Å². The molecule has 2 heterocycles. The monoisotopic (exact) mass is 280 g/mol. The van der Waals surface area contributed by atoms with Crippen LogP contribution in [0.1, 0.15) is 15.2 Å². The number of hydrogen-bond donors (Lipinski definition) is 2. The van der Waals surface area contributed by atoms with Gasteiger partial charge >= 0.3 is 0 Å². The van der Waals surface area contributed by atoms with Gasteiger partial charge in [0.05, 0.1) is 25.9 Å². The largest absolute Gasteiger partial charge is 0.394 e. The molecule has 1 aromatic rings. The Bertz CT molecular complexity index is 503. The number of ether oxygens (including phenoxy) is 1. The van der Waals surface area contributed by atoms with Crippen molar-refractivity contribution in [1.29, 1.82) is 0 Å². The van der Waals surface area contributed by atoms with Crippen LogP contribution in [0.4, 0.5) is 0 Å². The second kappa shape index (κ2) is 6.68. The maximum atomic E-state index is 12.4. The number of amides is 1. The lowest BCUT2D eigenvalue weighted by Gasteiger charge is -2.31. The van der Waals surface area contributed by atoms with Crippen molar-refractivity contribution in [1.82, 2.24) is 4.90 Å². The summed E-state index contributed by atoms with van der Waals surface area (Å²) < 4.78 is 5.34. The van der Waals surface area contributed by atoms with E-state index in [1.165, 1.54) is 11.3 Å². The predicted molar refractivity (Wildman–Crippen MR) is 73.0 cm³/mol. The summed E-state index contributed by atoms with van der Waals surface area (Å²) >= 11 is 1.37. The van der Waals surface area contributed by atoms with Crippen molar-refractivity contribution in [2.45, 2.75) is 6.10 Å². The number of aliphatic hydroxyl groups is 1. The lowest BCUT2D eigenvalue weighted by molar-refractivity contribution is -0.0446. The molecule has 0 bridgehead atoms. The zero-order valence-electron chi connectivity index (χ0n) is 10.5. The van der Waals surface area contributed by atoms with E-state index in [1.54, 1.807) is 4.90 Å². The van der Waals surface area contributed by atoms with Gasteiger partial charge in [-0.1, -0.05) is 11.8 Å². The van der Waals surface area contributed by atoms with Gasteiger partial charge in [-0.2, -0.15) is 0 Å². The minimum atomic E-state index is -0.295. The lowest BCUT2D eigenvalue weighted by atomic mass is 10.2. The highest BCUT2D eigenvalue weighted by atomic mass is 32.1. The second-order valence-electron chi connectivity index (χ2n) is 4.10. The normalized spacial score (nSPS) is 18.8. The van der Waals surface area contributed by atoms with Crippen molar-refractivity contribution in [3.8, 4) is 11.8 Å². The van der Waals surface area contributed by atoms with Crippen molar-refractivity contribution in [2.24, 2.45) is 5.73 Å². The molecule has 1 saturated heterocycles. The first kappa shape index (κ1) is 14.0. The molecule has 1 aliphatic rings. The van der Waals surface area contributed by atoms with E-state index in [0.717, 1.165) is 0 Å². The standard InChI is InChI=1S/C13H16N2O3S/c14-4-1-2-10-3-7-19-12(10)13(17)15-5-6-18-11(8-15)9-16/h3,7,11,16H,4-6,8-9,14H2. The third-order valence-electron chi connectivity index (χ3n) is 2.81. The number of nitrogens with zero attached hydrogens (tertiary/aromatic N) is 1. The summed E-state index contributed by atoms with van der Waals surface area (Å²) in [6.45, 7) is 1.60. The summed E-state index contributed by atoms with van der Waals surface area (Å²) in [4.78, 5) is 14.7. The van der Waals surface area contributed by atoms with Gasteiger partial charge < -0.3 is 20.5 Å². The van der Waals surface area contributed by atoms with Crippen LogP contribution in [-0.2, 0) is 4.74 Å². The zero-order valence-corrected chi connectivity index (χ0v) is 11.3. The molecule has 1 atom stereocenters. The molecule has 0 saturated carbocycles. The number of rotatable bonds is 2. The molecule has 0 aliphatic carbocycles. The molecule has 5 nitrogen and oxygen atoms in total. The van der Waals surface area contributed by atoms with Gasteiger partial charge in [-0.05, 0) is 11.4 Å². The average Bonchev–Trinajstić information content (AvgIpc) is 2.92. The minimum absolute atomic E-state index is 0.0573. The van der Waals surface area contributed by atoms with Gasteiger partial charge in [-0.25, -0.2) is 0 Å². The molecule has 1 fully saturated rings. The summed E-state index contributed by atoms with van der Waals surface area (Å²) in [6, 6.07) is 1.82. The maximum Gasteiger partial charge on any atom is 0.265 e. The van der Waals surface area contributed by atoms with Crippen LogP contribution in [0.2, 0.25) is 0 Å². The van der Waals surface area contributed by atoms with Crippen molar-refractivity contribution in [3.63, 3.8) is 0 Å². The highest BCUT2D eigenvalue weighted by molar-refractivity contribution is 7.12. The van der Waals surface area contributed by atoms with Crippen molar-refractivity contribution in [3.05, 3.63) is 21.9 Å². The van der Waals surface area contributed by atoms with Crippen LogP contribution in [0, 0.1) is 11.8 Å². The summed E-state index contributed by atoms with van der Waals surface area (Å²) in [6.07, 6.45) is -0.295. The third-order valence-corrected chi connectivity index (χ3v) is 3.72. The van der Waals surface area contributed by atoms with E-state index in [1.807, 2.05) is 11.4 Å². The summed E-state index contributed by atoms with van der Waals surface area (Å²) in [5, 5.41) is 10.9. The summed E-state index contributed by atoms with van der Waals surface area (Å²) in [5.41, 5.74) is 6.06. The quantitative estimate of drug-likeness (QED) is 0.741. The van der Waals surface area contributed by atoms with E-state index in [0.29, 0.717) is 30.1 Å². The topological polar surface area (TPSA) is 75.8 Å². The number of carbonyl (C=O) groups is 1. The molecule has 19 heavy (non-hydrogen) atoms. The SMILES string of the molecule is NCC#Cc1ccsc1C(=O)N1CCOC(CO)C1. The Morgan fingerprint density at radius 1 is 1.68 bits per heavy atom. The van der Waals surface area contributed by atoms with Gasteiger partial charge in [0.15, 0.2) is 0 Å². The van der Waals surface area contributed by atoms with Crippen LogP contribution < -0.4 is 5.73 Å². The number of aliphatic hydroxyl groups excluding tert-OH is 1. The van der Waals surface area contributed by atoms with Crippen molar-refractivity contribution >= 4 is 17.2 Å².